The van der Waals surface area contributed by atoms with Crippen molar-refractivity contribution in [2.75, 3.05) is 13.1 Å². The Balaban J connectivity index is 1.69. The minimum atomic E-state index is -0.429. The van der Waals surface area contributed by atoms with Crippen LogP contribution in [0.4, 0.5) is 0 Å². The van der Waals surface area contributed by atoms with E-state index in [2.05, 4.69) is 25.9 Å². The Labute approximate surface area is 161 Å². The number of benzene rings is 1. The monoisotopic (exact) mass is 392 g/mol. The number of halogens is 1. The fourth-order valence-electron chi connectivity index (χ4n) is 2.94. The van der Waals surface area contributed by atoms with Crippen molar-refractivity contribution in [3.63, 3.8) is 0 Å². The molecule has 1 aromatic carbocycles. The molecule has 1 saturated heterocycles. The second-order valence-electron chi connectivity index (χ2n) is 6.43. The van der Waals surface area contributed by atoms with Gasteiger partial charge in [-0.15, -0.1) is 10.2 Å². The van der Waals surface area contributed by atoms with E-state index in [0.29, 0.717) is 48.1 Å². The summed E-state index contributed by atoms with van der Waals surface area (Å²) in [5.74, 6) is 0.560. The number of tetrazole rings is 1. The number of nitrogens with one attached hydrogen (secondary N) is 2. The number of piperidine rings is 1. The van der Waals surface area contributed by atoms with Crippen molar-refractivity contribution in [1.29, 1.82) is 0 Å². The van der Waals surface area contributed by atoms with Crippen LogP contribution in [0.15, 0.2) is 18.2 Å². The quantitative estimate of drug-likeness (QED) is 0.801. The van der Waals surface area contributed by atoms with E-state index in [1.54, 1.807) is 36.9 Å². The number of hydrogen-bond donors (Lipinski definition) is 2. The Hall–Kier alpha value is -2.68. The van der Waals surface area contributed by atoms with Gasteiger partial charge in [0.25, 0.3) is 5.91 Å². The van der Waals surface area contributed by atoms with Gasteiger partial charge in [0, 0.05) is 37.9 Å². The van der Waals surface area contributed by atoms with Crippen LogP contribution < -0.4 is 10.1 Å². The fourth-order valence-corrected chi connectivity index (χ4v) is 3.11. The molecule has 0 spiro atoms. The lowest BCUT2D eigenvalue weighted by Crippen LogP contribution is -2.40. The molecule has 1 unspecified atom stereocenters. The SMILES string of the molecule is CC(=O)N1CCC(Oc2ccc(Cl)cc2C(=O)NC(C)c2nn[nH]n2)CC1. The summed E-state index contributed by atoms with van der Waals surface area (Å²) in [6.45, 7) is 4.60. The summed E-state index contributed by atoms with van der Waals surface area (Å²) in [6, 6.07) is 4.51. The van der Waals surface area contributed by atoms with Crippen molar-refractivity contribution in [1.82, 2.24) is 30.8 Å². The minimum absolute atomic E-state index is 0.0652. The zero-order valence-corrected chi connectivity index (χ0v) is 15.9. The first-order valence-corrected chi connectivity index (χ1v) is 9.07. The summed E-state index contributed by atoms with van der Waals surface area (Å²) in [5.41, 5.74) is 0.340. The molecule has 0 bridgehead atoms. The molecule has 9 nitrogen and oxygen atoms in total. The molecule has 2 amide bonds. The third-order valence-corrected chi connectivity index (χ3v) is 4.70. The highest BCUT2D eigenvalue weighted by atomic mass is 35.5. The third kappa shape index (κ3) is 4.73. The number of aromatic amines is 1. The van der Waals surface area contributed by atoms with Crippen molar-refractivity contribution in [3.8, 4) is 5.75 Å². The number of aromatic nitrogens is 4. The van der Waals surface area contributed by atoms with Crippen LogP contribution in [0, 0.1) is 0 Å². The number of carbonyl (C=O) groups is 2. The molecule has 0 aliphatic carbocycles. The van der Waals surface area contributed by atoms with Gasteiger partial charge in [0.15, 0.2) is 5.82 Å². The Morgan fingerprint density at radius 3 is 2.74 bits per heavy atom. The average molecular weight is 393 g/mol. The van der Waals surface area contributed by atoms with E-state index in [-0.39, 0.29) is 17.9 Å². The first-order valence-electron chi connectivity index (χ1n) is 8.70. The Kier molecular flexibility index (Phi) is 5.90. The summed E-state index contributed by atoms with van der Waals surface area (Å²) in [6.07, 6.45) is 1.35. The van der Waals surface area contributed by atoms with Gasteiger partial charge in [0.05, 0.1) is 11.6 Å². The standard InChI is InChI=1S/C17H21ClN6O3/c1-10(16-20-22-23-21-16)19-17(26)14-9-12(18)3-4-15(14)27-13-5-7-24(8-6-13)11(2)25/h3-4,9-10,13H,5-8H2,1-2H3,(H,19,26)(H,20,21,22,23). The fraction of sp³-hybridized carbons (Fsp3) is 0.471. The average Bonchev–Trinajstić information content (AvgIpc) is 3.18. The van der Waals surface area contributed by atoms with E-state index >= 15 is 0 Å². The van der Waals surface area contributed by atoms with Gasteiger partial charge in [-0.1, -0.05) is 16.8 Å². The minimum Gasteiger partial charge on any atom is -0.489 e. The molecular weight excluding hydrogens is 372 g/mol. The molecule has 2 aromatic rings. The van der Waals surface area contributed by atoms with Crippen molar-refractivity contribution in [2.45, 2.75) is 38.8 Å². The highest BCUT2D eigenvalue weighted by Crippen LogP contribution is 2.27. The second-order valence-corrected chi connectivity index (χ2v) is 6.87. The number of amides is 2. The van der Waals surface area contributed by atoms with Gasteiger partial charge in [-0.25, -0.2) is 0 Å². The molecule has 2 N–H and O–H groups in total. The molecule has 0 saturated carbocycles. The van der Waals surface area contributed by atoms with E-state index < -0.39 is 6.04 Å². The smallest absolute Gasteiger partial charge is 0.255 e. The van der Waals surface area contributed by atoms with Gasteiger partial charge in [0.2, 0.25) is 5.91 Å². The van der Waals surface area contributed by atoms with E-state index in [0.717, 1.165) is 0 Å². The van der Waals surface area contributed by atoms with Crippen LogP contribution in [-0.4, -0.2) is 56.5 Å². The maximum Gasteiger partial charge on any atom is 0.255 e. The summed E-state index contributed by atoms with van der Waals surface area (Å²) in [4.78, 5) is 26.0. The lowest BCUT2D eigenvalue weighted by atomic mass is 10.1. The van der Waals surface area contributed by atoms with Crippen LogP contribution in [-0.2, 0) is 4.79 Å². The van der Waals surface area contributed by atoms with Crippen LogP contribution in [0.2, 0.25) is 5.02 Å². The third-order valence-electron chi connectivity index (χ3n) is 4.46. The first-order chi connectivity index (χ1) is 12.9. The number of ether oxygens (including phenoxy) is 1. The van der Waals surface area contributed by atoms with Gasteiger partial charge >= 0.3 is 0 Å². The van der Waals surface area contributed by atoms with Crippen LogP contribution in [0.5, 0.6) is 5.75 Å². The number of nitrogens with zero attached hydrogens (tertiary/aromatic N) is 4. The highest BCUT2D eigenvalue weighted by molar-refractivity contribution is 6.31. The van der Waals surface area contributed by atoms with Gasteiger partial charge in [-0.05, 0) is 25.1 Å². The summed E-state index contributed by atoms with van der Waals surface area (Å²) in [5, 5.41) is 16.8. The Morgan fingerprint density at radius 1 is 1.37 bits per heavy atom. The zero-order chi connectivity index (χ0) is 19.4. The summed E-state index contributed by atoms with van der Waals surface area (Å²) < 4.78 is 6.06. The molecule has 1 aromatic heterocycles. The predicted octanol–water partition coefficient (Wildman–Crippen LogP) is 1.73. The lowest BCUT2D eigenvalue weighted by Gasteiger charge is -2.31. The van der Waals surface area contributed by atoms with Gasteiger partial charge in [0.1, 0.15) is 11.9 Å². The molecule has 1 aliphatic heterocycles. The molecule has 10 heteroatoms. The molecule has 3 rings (SSSR count). The molecule has 1 aliphatic rings. The van der Waals surface area contributed by atoms with Crippen LogP contribution >= 0.6 is 11.6 Å². The lowest BCUT2D eigenvalue weighted by molar-refractivity contribution is -0.130. The first kappa shape index (κ1) is 19.1. The number of rotatable bonds is 5. The van der Waals surface area contributed by atoms with Gasteiger partial charge in [-0.3, -0.25) is 9.59 Å². The predicted molar refractivity (Wildman–Crippen MR) is 97.4 cm³/mol. The molecule has 144 valence electrons. The maximum absolute atomic E-state index is 12.7. The normalized spacial score (nSPS) is 16.0. The second kappa shape index (κ2) is 8.34. The zero-order valence-electron chi connectivity index (χ0n) is 15.1. The molecule has 1 fully saturated rings. The van der Waals surface area contributed by atoms with Crippen molar-refractivity contribution in [2.24, 2.45) is 0 Å². The molecular formula is C17H21ClN6O3. The summed E-state index contributed by atoms with van der Waals surface area (Å²) in [7, 11) is 0. The van der Waals surface area contributed by atoms with Crippen LogP contribution in [0.1, 0.15) is 48.9 Å². The van der Waals surface area contributed by atoms with E-state index in [9.17, 15) is 9.59 Å². The van der Waals surface area contributed by atoms with Gasteiger partial charge in [-0.2, -0.15) is 5.21 Å². The van der Waals surface area contributed by atoms with Gasteiger partial charge < -0.3 is 15.0 Å². The largest absolute Gasteiger partial charge is 0.489 e. The van der Waals surface area contributed by atoms with E-state index in [1.165, 1.54) is 0 Å². The van der Waals surface area contributed by atoms with Crippen LogP contribution in [0.25, 0.3) is 0 Å². The van der Waals surface area contributed by atoms with Crippen LogP contribution in [0.3, 0.4) is 0 Å². The number of H-pyrrole nitrogens is 1. The highest BCUT2D eigenvalue weighted by Gasteiger charge is 2.24. The van der Waals surface area contributed by atoms with Crippen molar-refractivity contribution >= 4 is 23.4 Å². The molecule has 0 radical (unpaired) electrons. The Morgan fingerprint density at radius 2 is 2.11 bits per heavy atom. The van der Waals surface area contributed by atoms with Crippen molar-refractivity contribution < 1.29 is 14.3 Å². The Bertz CT molecular complexity index is 805. The van der Waals surface area contributed by atoms with Crippen molar-refractivity contribution in [3.05, 3.63) is 34.6 Å². The maximum atomic E-state index is 12.7. The van der Waals surface area contributed by atoms with E-state index in [4.69, 9.17) is 16.3 Å². The topological polar surface area (TPSA) is 113 Å². The van der Waals surface area contributed by atoms with E-state index in [1.807, 2.05) is 0 Å². The number of likely N-dealkylation sites (tertiary alicyclic amines) is 1. The summed E-state index contributed by atoms with van der Waals surface area (Å²) >= 11 is 6.07. The molecule has 27 heavy (non-hydrogen) atoms. The molecule has 1 atom stereocenters. The number of hydrogen-bond acceptors (Lipinski definition) is 6. The number of carbonyl (C=O) groups excluding carboxylic acids is 2. The molecule has 2 heterocycles.